The second-order valence-electron chi connectivity index (χ2n) is 3.91. The Morgan fingerprint density at radius 2 is 1.65 bits per heavy atom. The van der Waals surface area contributed by atoms with Crippen LogP contribution in [-0.2, 0) is 0 Å². The summed E-state index contributed by atoms with van der Waals surface area (Å²) in [7, 11) is 0. The Labute approximate surface area is 106 Å². The van der Waals surface area contributed by atoms with Gasteiger partial charge in [-0.15, -0.1) is 0 Å². The number of hydrogen-bond donors (Lipinski definition) is 1. The number of hydrogen-bond acceptors (Lipinski definition) is 1. The molecule has 0 spiro atoms. The predicted octanol–water partition coefficient (Wildman–Crippen LogP) is 4.31. The largest absolute Gasteiger partial charge is 0.330 e. The van der Waals surface area contributed by atoms with E-state index in [0.29, 0.717) is 0 Å². The van der Waals surface area contributed by atoms with Crippen LogP contribution in [0.25, 0.3) is 0 Å². The van der Waals surface area contributed by atoms with Gasteiger partial charge in [-0.25, -0.2) is 0 Å². The maximum absolute atomic E-state index is 5.46. The van der Waals surface area contributed by atoms with E-state index in [4.69, 9.17) is 5.73 Å². The van der Waals surface area contributed by atoms with Crippen molar-refractivity contribution in [2.24, 2.45) is 5.73 Å². The minimum absolute atomic E-state index is 0.807. The lowest BCUT2D eigenvalue weighted by Gasteiger charge is -2.01. The topological polar surface area (TPSA) is 26.0 Å². The third kappa shape index (κ3) is 10.9. The van der Waals surface area contributed by atoms with Crippen molar-refractivity contribution in [3.63, 3.8) is 0 Å². The zero-order chi connectivity index (χ0) is 12.8. The van der Waals surface area contributed by atoms with Crippen LogP contribution in [0, 0.1) is 0 Å². The molecule has 1 nitrogen and oxygen atoms in total. The molecule has 0 aromatic rings. The average Bonchev–Trinajstić information content (AvgIpc) is 2.34. The Morgan fingerprint density at radius 1 is 0.882 bits per heavy atom. The molecule has 0 saturated carbocycles. The summed E-state index contributed by atoms with van der Waals surface area (Å²) in [4.78, 5) is 0. The summed E-state index contributed by atoms with van der Waals surface area (Å²) in [6, 6.07) is 0. The quantitative estimate of drug-likeness (QED) is 0.440. The molecule has 0 atom stereocenters. The van der Waals surface area contributed by atoms with Crippen molar-refractivity contribution in [2.75, 3.05) is 6.54 Å². The molecule has 0 rings (SSSR count). The zero-order valence-corrected chi connectivity index (χ0v) is 10.8. The predicted molar refractivity (Wildman–Crippen MR) is 78.9 cm³/mol. The van der Waals surface area contributed by atoms with Crippen molar-refractivity contribution < 1.29 is 0 Å². The van der Waals surface area contributed by atoms with E-state index in [1.54, 1.807) is 6.08 Å². The molecule has 1 heteroatoms. The average molecular weight is 231 g/mol. The molecule has 0 aliphatic rings. The molecule has 0 bridgehead atoms. The van der Waals surface area contributed by atoms with E-state index >= 15 is 0 Å². The highest BCUT2D eigenvalue weighted by Crippen LogP contribution is 2.11. The highest BCUT2D eigenvalue weighted by Gasteiger charge is 1.92. The third-order valence-corrected chi connectivity index (χ3v) is 2.42. The van der Waals surface area contributed by atoms with Gasteiger partial charge in [0, 0.05) is 0 Å². The van der Waals surface area contributed by atoms with Crippen LogP contribution in [0.2, 0.25) is 0 Å². The normalized spacial score (nSPS) is 12.4. The second kappa shape index (κ2) is 12.7. The number of allylic oxidation sites excluding steroid dienone is 8. The van der Waals surface area contributed by atoms with Gasteiger partial charge in [0.15, 0.2) is 0 Å². The molecule has 0 amide bonds. The minimum atomic E-state index is 0.807. The first-order chi connectivity index (χ1) is 8.35. The Kier molecular flexibility index (Phi) is 11.7. The summed E-state index contributed by atoms with van der Waals surface area (Å²) in [5.41, 5.74) is 6.78. The minimum Gasteiger partial charge on any atom is -0.330 e. The van der Waals surface area contributed by atoms with Crippen LogP contribution in [0.3, 0.4) is 0 Å². The van der Waals surface area contributed by atoms with Gasteiger partial charge in [-0.05, 0) is 31.4 Å². The van der Waals surface area contributed by atoms with Crippen LogP contribution >= 0.6 is 0 Å². The summed E-state index contributed by atoms with van der Waals surface area (Å²) in [6.45, 7) is 8.18. The fraction of sp³-hybridized carbons (Fsp3) is 0.375. The van der Waals surface area contributed by atoms with Crippen LogP contribution in [0.15, 0.2) is 61.3 Å². The summed E-state index contributed by atoms with van der Waals surface area (Å²) < 4.78 is 0. The fourth-order valence-electron chi connectivity index (χ4n) is 1.52. The van der Waals surface area contributed by atoms with Crippen molar-refractivity contribution in [1.29, 1.82) is 0 Å². The summed E-state index contributed by atoms with van der Waals surface area (Å²) in [5, 5.41) is 0. The van der Waals surface area contributed by atoms with Crippen molar-refractivity contribution in [2.45, 2.75) is 32.1 Å². The molecule has 0 aromatic carbocycles. The molecular weight excluding hydrogens is 206 g/mol. The van der Waals surface area contributed by atoms with Gasteiger partial charge < -0.3 is 5.73 Å². The maximum atomic E-state index is 5.46. The standard InChI is InChI=1S/C16H25N/c1-3-5-6-9-13-16(12-4-2)14-10-7-8-11-15-17/h3-6,9,12-13H,1-2,7-8,10-11,14-15,17H2/b6-5+,13-9-,16-12-. The lowest BCUT2D eigenvalue weighted by molar-refractivity contribution is 0.648. The van der Waals surface area contributed by atoms with Crippen LogP contribution in [0.5, 0.6) is 0 Å². The van der Waals surface area contributed by atoms with Crippen LogP contribution in [0.4, 0.5) is 0 Å². The van der Waals surface area contributed by atoms with E-state index in [0.717, 1.165) is 19.4 Å². The molecule has 0 aromatic heterocycles. The second-order valence-corrected chi connectivity index (χ2v) is 3.91. The molecule has 0 saturated heterocycles. The van der Waals surface area contributed by atoms with Crippen LogP contribution in [0.1, 0.15) is 32.1 Å². The smallest absolute Gasteiger partial charge is 0.00773 e. The SMILES string of the molecule is C=C/C=C/C=C\C(=C\C=C)CCCCCCN. The first-order valence-corrected chi connectivity index (χ1v) is 6.32. The van der Waals surface area contributed by atoms with Crippen molar-refractivity contribution in [1.82, 2.24) is 0 Å². The number of rotatable bonds is 10. The molecular formula is C16H25N. The van der Waals surface area contributed by atoms with E-state index in [1.807, 2.05) is 24.3 Å². The first-order valence-electron chi connectivity index (χ1n) is 6.32. The van der Waals surface area contributed by atoms with Gasteiger partial charge in [-0.1, -0.05) is 68.5 Å². The Hall–Kier alpha value is -1.34. The van der Waals surface area contributed by atoms with Gasteiger partial charge >= 0.3 is 0 Å². The molecule has 0 unspecified atom stereocenters. The highest BCUT2D eigenvalue weighted by atomic mass is 14.5. The van der Waals surface area contributed by atoms with Crippen molar-refractivity contribution >= 4 is 0 Å². The van der Waals surface area contributed by atoms with Crippen molar-refractivity contribution in [3.8, 4) is 0 Å². The van der Waals surface area contributed by atoms with Gasteiger partial charge in [-0.3, -0.25) is 0 Å². The summed E-state index contributed by atoms with van der Waals surface area (Å²) in [6.07, 6.45) is 19.7. The molecule has 2 N–H and O–H groups in total. The summed E-state index contributed by atoms with van der Waals surface area (Å²) >= 11 is 0. The molecule has 0 aliphatic carbocycles. The van der Waals surface area contributed by atoms with E-state index in [9.17, 15) is 0 Å². The molecule has 0 fully saturated rings. The van der Waals surface area contributed by atoms with E-state index < -0.39 is 0 Å². The highest BCUT2D eigenvalue weighted by molar-refractivity contribution is 5.26. The monoisotopic (exact) mass is 231 g/mol. The van der Waals surface area contributed by atoms with Crippen LogP contribution in [-0.4, -0.2) is 6.54 Å². The lowest BCUT2D eigenvalue weighted by atomic mass is 10.1. The van der Waals surface area contributed by atoms with Crippen molar-refractivity contribution in [3.05, 3.63) is 61.3 Å². The zero-order valence-electron chi connectivity index (χ0n) is 10.8. The van der Waals surface area contributed by atoms with E-state index in [1.165, 1.54) is 24.8 Å². The van der Waals surface area contributed by atoms with Gasteiger partial charge in [-0.2, -0.15) is 0 Å². The lowest BCUT2D eigenvalue weighted by Crippen LogP contribution is -1.97. The number of nitrogens with two attached hydrogens (primary N) is 1. The van der Waals surface area contributed by atoms with E-state index in [-0.39, 0.29) is 0 Å². The maximum Gasteiger partial charge on any atom is -0.00773 e. The molecule has 0 radical (unpaired) electrons. The van der Waals surface area contributed by atoms with Crippen LogP contribution < -0.4 is 5.73 Å². The molecule has 0 aliphatic heterocycles. The van der Waals surface area contributed by atoms with Gasteiger partial charge in [0.25, 0.3) is 0 Å². The summed E-state index contributed by atoms with van der Waals surface area (Å²) in [5.74, 6) is 0. The van der Waals surface area contributed by atoms with Gasteiger partial charge in [0.05, 0.1) is 0 Å². The molecule has 17 heavy (non-hydrogen) atoms. The first kappa shape index (κ1) is 15.7. The Bertz CT molecular complexity index is 282. The number of unbranched alkanes of at least 4 members (excludes halogenated alkanes) is 3. The molecule has 0 heterocycles. The third-order valence-electron chi connectivity index (χ3n) is 2.42. The Balaban J connectivity index is 3.95. The van der Waals surface area contributed by atoms with Gasteiger partial charge in [0.2, 0.25) is 0 Å². The molecule has 94 valence electrons. The van der Waals surface area contributed by atoms with Gasteiger partial charge in [0.1, 0.15) is 0 Å². The Morgan fingerprint density at radius 3 is 2.29 bits per heavy atom. The van der Waals surface area contributed by atoms with E-state index in [2.05, 4.69) is 25.3 Å². The fourth-order valence-corrected chi connectivity index (χ4v) is 1.52.